The first-order chi connectivity index (χ1) is 21.3. The molecule has 8 heteroatoms. The molecule has 0 bridgehead atoms. The number of ether oxygens (including phenoxy) is 4. The highest BCUT2D eigenvalue weighted by atomic mass is 28.4. The molecule has 3 rings (SSSR count). The average Bonchev–Trinajstić information content (AvgIpc) is 3.35. The van der Waals surface area contributed by atoms with E-state index in [2.05, 4.69) is 88.4 Å². The highest BCUT2D eigenvalue weighted by molar-refractivity contribution is 6.99. The fourth-order valence-electron chi connectivity index (χ4n) is 6.12. The van der Waals surface area contributed by atoms with Gasteiger partial charge in [0.2, 0.25) is 0 Å². The van der Waals surface area contributed by atoms with Crippen LogP contribution in [0.15, 0.2) is 60.7 Å². The fourth-order valence-corrected chi connectivity index (χ4v) is 10.8. The van der Waals surface area contributed by atoms with Gasteiger partial charge in [-0.2, -0.15) is 0 Å². The molecule has 0 unspecified atom stereocenters. The monoisotopic (exact) mass is 640 g/mol. The van der Waals surface area contributed by atoms with Crippen molar-refractivity contribution in [3.8, 4) is 0 Å². The van der Waals surface area contributed by atoms with E-state index in [1.807, 2.05) is 20.8 Å². The molecule has 0 radical (unpaired) electrons. The highest BCUT2D eigenvalue weighted by Crippen LogP contribution is 2.37. The fraction of sp³-hybridized carbons (Fsp3) is 0.622. The molecule has 1 fully saturated rings. The summed E-state index contributed by atoms with van der Waals surface area (Å²) in [6.45, 7) is 15.7. The summed E-state index contributed by atoms with van der Waals surface area (Å²) in [5.74, 6) is 0.148. The van der Waals surface area contributed by atoms with Crippen molar-refractivity contribution in [2.24, 2.45) is 11.3 Å². The number of ketones is 1. The molecule has 2 aromatic rings. The molecule has 45 heavy (non-hydrogen) atoms. The summed E-state index contributed by atoms with van der Waals surface area (Å²) in [5, 5.41) is 2.44. The molecule has 1 aliphatic heterocycles. The number of carbonyl (C=O) groups is 2. The molecule has 1 aliphatic rings. The van der Waals surface area contributed by atoms with E-state index in [9.17, 15) is 9.59 Å². The van der Waals surface area contributed by atoms with Gasteiger partial charge in [-0.15, -0.1) is 0 Å². The van der Waals surface area contributed by atoms with Crippen LogP contribution in [0.5, 0.6) is 0 Å². The molecular weight excluding hydrogens is 584 g/mol. The number of methoxy groups -OCH3 is 1. The Hall–Kier alpha value is -2.36. The van der Waals surface area contributed by atoms with Crippen LogP contribution in [0.25, 0.3) is 0 Å². The number of rotatable bonds is 17. The Morgan fingerprint density at radius 3 is 2.09 bits per heavy atom. The molecule has 1 saturated heterocycles. The zero-order chi connectivity index (χ0) is 33.1. The number of hydrogen-bond donors (Lipinski definition) is 0. The Labute approximate surface area is 272 Å². The van der Waals surface area contributed by atoms with E-state index < -0.39 is 19.8 Å². The largest absolute Gasteiger partial charge is 0.465 e. The molecule has 7 nitrogen and oxygen atoms in total. The van der Waals surface area contributed by atoms with E-state index in [1.54, 1.807) is 7.11 Å². The van der Waals surface area contributed by atoms with E-state index in [0.717, 1.165) is 6.42 Å². The minimum atomic E-state index is -2.63. The Balaban J connectivity index is 1.59. The van der Waals surface area contributed by atoms with Crippen molar-refractivity contribution in [1.29, 1.82) is 0 Å². The lowest BCUT2D eigenvalue weighted by Crippen LogP contribution is -2.66. The lowest BCUT2D eigenvalue weighted by Gasteiger charge is -2.43. The Bertz CT molecular complexity index is 1130. The van der Waals surface area contributed by atoms with Gasteiger partial charge >= 0.3 is 5.97 Å². The number of esters is 1. The minimum absolute atomic E-state index is 0.0880. The van der Waals surface area contributed by atoms with E-state index >= 15 is 0 Å². The zero-order valence-corrected chi connectivity index (χ0v) is 29.8. The topological polar surface area (TPSA) is 80.3 Å². The van der Waals surface area contributed by atoms with E-state index in [-0.39, 0.29) is 41.7 Å². The second-order valence-corrected chi connectivity index (χ2v) is 18.8. The van der Waals surface area contributed by atoms with E-state index in [1.165, 1.54) is 10.4 Å². The van der Waals surface area contributed by atoms with Crippen molar-refractivity contribution in [2.75, 3.05) is 27.1 Å². The van der Waals surface area contributed by atoms with Gasteiger partial charge in [0.25, 0.3) is 8.32 Å². The molecular formula is C37H56O7Si. The third-order valence-electron chi connectivity index (χ3n) is 8.50. The molecule has 0 N–H and O–H groups in total. The SMILES string of the molecule is COCO[C@H](CC[C@@H]1O[C@@H](CCCOC(=O)C(C)(C)C)CC1=O)C[C@@H](C)CO[Si](c1ccccc1)(c1ccccc1)C(C)(C)C. The number of Topliss-reactive ketones (excluding diaryl/α,β-unsaturated/α-hetero) is 1. The van der Waals surface area contributed by atoms with Gasteiger partial charge in [0.1, 0.15) is 12.9 Å². The molecule has 0 spiro atoms. The van der Waals surface area contributed by atoms with Crippen molar-refractivity contribution in [1.82, 2.24) is 0 Å². The minimum Gasteiger partial charge on any atom is -0.465 e. The molecule has 0 amide bonds. The van der Waals surface area contributed by atoms with Crippen molar-refractivity contribution >= 4 is 30.4 Å². The summed E-state index contributed by atoms with van der Waals surface area (Å²) < 4.78 is 30.0. The van der Waals surface area contributed by atoms with Gasteiger partial charge in [-0.3, -0.25) is 9.59 Å². The Morgan fingerprint density at radius 2 is 1.56 bits per heavy atom. The normalized spacial score (nSPS) is 19.0. The predicted octanol–water partition coefficient (Wildman–Crippen LogP) is 6.45. The quantitative estimate of drug-likeness (QED) is 0.0851. The summed E-state index contributed by atoms with van der Waals surface area (Å²) in [6, 6.07) is 21.4. The number of benzene rings is 2. The molecule has 1 heterocycles. The van der Waals surface area contributed by atoms with Crippen LogP contribution in [0, 0.1) is 11.3 Å². The van der Waals surface area contributed by atoms with Crippen LogP contribution in [0.2, 0.25) is 5.04 Å². The molecule has 0 aliphatic carbocycles. The average molecular weight is 641 g/mol. The summed E-state index contributed by atoms with van der Waals surface area (Å²) in [7, 11) is -1.01. The summed E-state index contributed by atoms with van der Waals surface area (Å²) in [4.78, 5) is 24.8. The Kier molecular flexibility index (Phi) is 14.0. The maximum Gasteiger partial charge on any atom is 0.311 e. The summed E-state index contributed by atoms with van der Waals surface area (Å²) >= 11 is 0. The third kappa shape index (κ3) is 10.6. The number of hydrogen-bond acceptors (Lipinski definition) is 7. The molecule has 2 aromatic carbocycles. The van der Waals surface area contributed by atoms with Gasteiger partial charge in [0.05, 0.1) is 24.2 Å². The van der Waals surface area contributed by atoms with Crippen molar-refractivity contribution in [3.63, 3.8) is 0 Å². The maximum atomic E-state index is 12.8. The van der Waals surface area contributed by atoms with E-state index in [4.69, 9.17) is 23.4 Å². The third-order valence-corrected chi connectivity index (χ3v) is 13.5. The van der Waals surface area contributed by atoms with Crippen LogP contribution in [0.4, 0.5) is 0 Å². The second-order valence-electron chi connectivity index (χ2n) is 14.5. The lowest BCUT2D eigenvalue weighted by molar-refractivity contribution is -0.153. The van der Waals surface area contributed by atoms with Gasteiger partial charge in [0, 0.05) is 20.1 Å². The molecule has 0 aromatic heterocycles. The summed E-state index contributed by atoms with van der Waals surface area (Å²) in [6.07, 6.45) is 3.21. The van der Waals surface area contributed by atoms with Crippen molar-refractivity contribution in [3.05, 3.63) is 60.7 Å². The van der Waals surface area contributed by atoms with Crippen molar-refractivity contribution < 1.29 is 33.0 Å². The standard InChI is InChI=1S/C37H56O7Si/c1-28(26-43-45(37(5,6)7,31-17-11-9-12-18-31)32-19-13-10-14-20-32)24-29(42-27-40-8)21-22-34-33(38)25-30(44-34)16-15-23-41-35(39)36(2,3)4/h9-14,17-20,28-30,34H,15-16,21-27H2,1-8H3/t28-,29-,30+,34+/m1/s1. The van der Waals surface area contributed by atoms with Gasteiger partial charge in [0.15, 0.2) is 5.78 Å². The van der Waals surface area contributed by atoms with Crippen LogP contribution < -0.4 is 10.4 Å². The van der Waals surface area contributed by atoms with Crippen LogP contribution >= 0.6 is 0 Å². The van der Waals surface area contributed by atoms with E-state index in [0.29, 0.717) is 45.3 Å². The van der Waals surface area contributed by atoms with Gasteiger partial charge in [-0.05, 0) is 74.2 Å². The molecule has 250 valence electrons. The van der Waals surface area contributed by atoms with Crippen LogP contribution in [-0.4, -0.2) is 65.5 Å². The lowest BCUT2D eigenvalue weighted by atomic mass is 9.97. The van der Waals surface area contributed by atoms with Crippen LogP contribution in [0.3, 0.4) is 0 Å². The van der Waals surface area contributed by atoms with Gasteiger partial charge in [-0.25, -0.2) is 0 Å². The highest BCUT2D eigenvalue weighted by Gasteiger charge is 2.50. The Morgan fingerprint density at radius 1 is 0.956 bits per heavy atom. The summed E-state index contributed by atoms with van der Waals surface area (Å²) in [5.41, 5.74) is -0.516. The van der Waals surface area contributed by atoms with Crippen molar-refractivity contribution in [2.45, 2.75) is 110 Å². The molecule has 0 saturated carbocycles. The smallest absolute Gasteiger partial charge is 0.311 e. The maximum absolute atomic E-state index is 12.8. The zero-order valence-electron chi connectivity index (χ0n) is 28.8. The van der Waals surface area contributed by atoms with Gasteiger partial charge in [-0.1, -0.05) is 88.4 Å². The first-order valence-electron chi connectivity index (χ1n) is 16.5. The first-order valence-corrected chi connectivity index (χ1v) is 18.4. The molecule has 4 atom stereocenters. The second kappa shape index (κ2) is 17.0. The number of carbonyl (C=O) groups excluding carboxylic acids is 2. The van der Waals surface area contributed by atoms with Gasteiger partial charge < -0.3 is 23.4 Å². The predicted molar refractivity (Wildman–Crippen MR) is 181 cm³/mol. The van der Waals surface area contributed by atoms with Crippen LogP contribution in [-0.2, 0) is 33.0 Å². The van der Waals surface area contributed by atoms with Crippen LogP contribution in [0.1, 0.15) is 87.0 Å². The first kappa shape index (κ1) is 37.1.